The number of thiazole rings is 1. The quantitative estimate of drug-likeness (QED) is 0.326. The number of hydrogen-bond donors (Lipinski definition) is 2. The molecule has 0 aliphatic heterocycles. The maximum atomic E-state index is 11.8. The van der Waals surface area contributed by atoms with E-state index in [0.29, 0.717) is 22.3 Å². The molecule has 152 valence electrons. The van der Waals surface area contributed by atoms with Crippen LogP contribution in [-0.4, -0.2) is 34.1 Å². The van der Waals surface area contributed by atoms with Gasteiger partial charge in [0.2, 0.25) is 11.6 Å². The van der Waals surface area contributed by atoms with Crippen molar-refractivity contribution in [3.8, 4) is 11.5 Å². The highest BCUT2D eigenvalue weighted by molar-refractivity contribution is 7.22. The standard InChI is InChI=1S/C19H16N6O4S/c1-28-12-5-3-11(4-6-12)22-17-16(25(26)27)18(21-10-20-17)24-19-23-14-8-7-13(29-2)9-15(14)30-19/h3-10H,1-2H3,(H2,20,21,22,23,24). The summed E-state index contributed by atoms with van der Waals surface area (Å²) in [6.45, 7) is 0. The first kappa shape index (κ1) is 19.3. The zero-order valence-electron chi connectivity index (χ0n) is 15.9. The minimum Gasteiger partial charge on any atom is -0.497 e. The van der Waals surface area contributed by atoms with E-state index in [4.69, 9.17) is 9.47 Å². The van der Waals surface area contributed by atoms with Crippen LogP contribution in [0.4, 0.5) is 28.1 Å². The lowest BCUT2D eigenvalue weighted by molar-refractivity contribution is -0.383. The fraction of sp³-hybridized carbons (Fsp3) is 0.105. The topological polar surface area (TPSA) is 124 Å². The van der Waals surface area contributed by atoms with Gasteiger partial charge in [0.25, 0.3) is 0 Å². The highest BCUT2D eigenvalue weighted by Crippen LogP contribution is 2.36. The van der Waals surface area contributed by atoms with Crippen molar-refractivity contribution in [3.63, 3.8) is 0 Å². The second-order valence-electron chi connectivity index (χ2n) is 6.01. The second-order valence-corrected chi connectivity index (χ2v) is 7.04. The van der Waals surface area contributed by atoms with E-state index in [1.807, 2.05) is 12.1 Å². The number of anilines is 4. The van der Waals surface area contributed by atoms with Crippen molar-refractivity contribution in [1.29, 1.82) is 0 Å². The summed E-state index contributed by atoms with van der Waals surface area (Å²) in [7, 11) is 3.15. The number of nitrogens with zero attached hydrogens (tertiary/aromatic N) is 4. The first-order chi connectivity index (χ1) is 14.6. The number of hydrogen-bond acceptors (Lipinski definition) is 10. The van der Waals surface area contributed by atoms with E-state index >= 15 is 0 Å². The number of rotatable bonds is 7. The van der Waals surface area contributed by atoms with Crippen LogP contribution in [0, 0.1) is 10.1 Å². The van der Waals surface area contributed by atoms with Gasteiger partial charge in [0.1, 0.15) is 17.8 Å². The molecule has 0 aliphatic carbocycles. The summed E-state index contributed by atoms with van der Waals surface area (Å²) < 4.78 is 11.2. The largest absolute Gasteiger partial charge is 0.497 e. The van der Waals surface area contributed by atoms with Crippen LogP contribution in [0.3, 0.4) is 0 Å². The van der Waals surface area contributed by atoms with E-state index in [2.05, 4.69) is 25.6 Å². The molecular weight excluding hydrogens is 408 g/mol. The average molecular weight is 424 g/mol. The van der Waals surface area contributed by atoms with Crippen molar-refractivity contribution in [2.45, 2.75) is 0 Å². The van der Waals surface area contributed by atoms with Crippen LogP contribution in [0.25, 0.3) is 10.2 Å². The molecule has 0 amide bonds. The molecule has 0 bridgehead atoms. The Balaban J connectivity index is 1.66. The van der Waals surface area contributed by atoms with Crippen molar-refractivity contribution in [3.05, 3.63) is 58.9 Å². The minimum absolute atomic E-state index is 0.0389. The van der Waals surface area contributed by atoms with Gasteiger partial charge in [-0.3, -0.25) is 10.1 Å². The van der Waals surface area contributed by atoms with Crippen molar-refractivity contribution in [1.82, 2.24) is 15.0 Å². The van der Waals surface area contributed by atoms with Gasteiger partial charge in [-0.1, -0.05) is 11.3 Å². The fourth-order valence-electron chi connectivity index (χ4n) is 2.73. The van der Waals surface area contributed by atoms with Crippen LogP contribution in [-0.2, 0) is 0 Å². The molecule has 0 fully saturated rings. The molecule has 4 aromatic rings. The molecule has 2 heterocycles. The third-order valence-corrected chi connectivity index (χ3v) is 5.11. The van der Waals surface area contributed by atoms with E-state index < -0.39 is 4.92 Å². The first-order valence-electron chi connectivity index (χ1n) is 8.69. The Morgan fingerprint density at radius 1 is 0.967 bits per heavy atom. The number of methoxy groups -OCH3 is 2. The van der Waals surface area contributed by atoms with Crippen LogP contribution >= 0.6 is 11.3 Å². The maximum absolute atomic E-state index is 11.8. The van der Waals surface area contributed by atoms with E-state index in [-0.39, 0.29) is 17.3 Å². The summed E-state index contributed by atoms with van der Waals surface area (Å²) in [4.78, 5) is 23.8. The summed E-state index contributed by atoms with van der Waals surface area (Å²) >= 11 is 1.34. The van der Waals surface area contributed by atoms with Gasteiger partial charge in [-0.25, -0.2) is 15.0 Å². The summed E-state index contributed by atoms with van der Waals surface area (Å²) in [6.07, 6.45) is 1.25. The van der Waals surface area contributed by atoms with Crippen molar-refractivity contribution >= 4 is 49.7 Å². The smallest absolute Gasteiger partial charge is 0.353 e. The number of nitro groups is 1. The zero-order chi connectivity index (χ0) is 21.1. The van der Waals surface area contributed by atoms with Gasteiger partial charge in [-0.05, 0) is 42.5 Å². The number of nitrogens with one attached hydrogen (secondary N) is 2. The van der Waals surface area contributed by atoms with Gasteiger partial charge < -0.3 is 20.1 Å². The molecule has 2 N–H and O–H groups in total. The van der Waals surface area contributed by atoms with E-state index in [1.165, 1.54) is 17.7 Å². The molecule has 0 saturated carbocycles. The summed E-state index contributed by atoms with van der Waals surface area (Å²) in [5.74, 6) is 1.48. The Morgan fingerprint density at radius 3 is 2.30 bits per heavy atom. The Hall–Kier alpha value is -3.99. The number of fused-ring (bicyclic) bond motifs is 1. The fourth-order valence-corrected chi connectivity index (χ4v) is 3.63. The Labute approximate surface area is 174 Å². The van der Waals surface area contributed by atoms with Gasteiger partial charge >= 0.3 is 5.69 Å². The number of ether oxygens (including phenoxy) is 2. The van der Waals surface area contributed by atoms with Gasteiger partial charge in [-0.2, -0.15) is 0 Å². The van der Waals surface area contributed by atoms with Crippen molar-refractivity contribution in [2.75, 3.05) is 24.9 Å². The predicted octanol–water partition coefficient (Wildman–Crippen LogP) is 4.50. The molecule has 2 aromatic carbocycles. The molecule has 0 unspecified atom stereocenters. The maximum Gasteiger partial charge on any atom is 0.353 e. The number of aromatic nitrogens is 3. The number of benzene rings is 2. The van der Waals surface area contributed by atoms with Crippen LogP contribution in [0.5, 0.6) is 11.5 Å². The normalized spacial score (nSPS) is 10.6. The summed E-state index contributed by atoms with van der Waals surface area (Å²) in [6, 6.07) is 12.4. The molecule has 4 rings (SSSR count). The summed E-state index contributed by atoms with van der Waals surface area (Å²) in [5.41, 5.74) is 1.08. The molecule has 2 aromatic heterocycles. The van der Waals surface area contributed by atoms with Crippen molar-refractivity contribution in [2.24, 2.45) is 0 Å². The molecule has 0 atom stereocenters. The minimum atomic E-state index is -0.537. The highest BCUT2D eigenvalue weighted by Gasteiger charge is 2.24. The van der Waals surface area contributed by atoms with Crippen molar-refractivity contribution < 1.29 is 14.4 Å². The van der Waals surface area contributed by atoms with Gasteiger partial charge in [0, 0.05) is 5.69 Å². The van der Waals surface area contributed by atoms with Gasteiger partial charge in [0.15, 0.2) is 5.13 Å². The first-order valence-corrected chi connectivity index (χ1v) is 9.51. The lowest BCUT2D eigenvalue weighted by atomic mass is 10.3. The highest BCUT2D eigenvalue weighted by atomic mass is 32.1. The monoisotopic (exact) mass is 424 g/mol. The average Bonchev–Trinajstić information content (AvgIpc) is 3.15. The lowest BCUT2D eigenvalue weighted by Crippen LogP contribution is -2.05. The molecule has 0 saturated heterocycles. The third-order valence-electron chi connectivity index (χ3n) is 4.18. The molecule has 10 nitrogen and oxygen atoms in total. The molecule has 0 aliphatic rings. The Kier molecular flexibility index (Phi) is 5.26. The van der Waals surface area contributed by atoms with Crippen LogP contribution in [0.2, 0.25) is 0 Å². The molecule has 11 heteroatoms. The molecular formula is C19H16N6O4S. The molecule has 0 radical (unpaired) electrons. The van der Waals surface area contributed by atoms with Gasteiger partial charge in [0.05, 0.1) is 29.4 Å². The summed E-state index contributed by atoms with van der Waals surface area (Å²) in [5, 5.41) is 18.1. The van der Waals surface area contributed by atoms with Crippen LogP contribution in [0.1, 0.15) is 0 Å². The van der Waals surface area contributed by atoms with E-state index in [9.17, 15) is 10.1 Å². The molecule has 30 heavy (non-hydrogen) atoms. The van der Waals surface area contributed by atoms with E-state index in [1.54, 1.807) is 44.6 Å². The van der Waals surface area contributed by atoms with Crippen LogP contribution in [0.15, 0.2) is 48.8 Å². The lowest BCUT2D eigenvalue weighted by Gasteiger charge is -2.09. The SMILES string of the molecule is COc1ccc(Nc2ncnc(Nc3nc4ccc(OC)cc4s3)c2[N+](=O)[O-])cc1. The Bertz CT molecular complexity index is 1210. The van der Waals surface area contributed by atoms with E-state index in [0.717, 1.165) is 10.2 Å². The predicted molar refractivity (Wildman–Crippen MR) is 114 cm³/mol. The van der Waals surface area contributed by atoms with Crippen LogP contribution < -0.4 is 20.1 Å². The Morgan fingerprint density at radius 2 is 1.63 bits per heavy atom. The second kappa shape index (κ2) is 8.17. The zero-order valence-corrected chi connectivity index (χ0v) is 16.8. The van der Waals surface area contributed by atoms with Gasteiger partial charge in [-0.15, -0.1) is 0 Å². The third kappa shape index (κ3) is 3.91. The molecule has 0 spiro atoms.